The van der Waals surface area contributed by atoms with E-state index < -0.39 is 0 Å². The van der Waals surface area contributed by atoms with Crippen LogP contribution in [-0.2, 0) is 18.3 Å². The molecule has 0 saturated carbocycles. The van der Waals surface area contributed by atoms with E-state index in [2.05, 4.69) is 41.8 Å². The Morgan fingerprint density at radius 3 is 3.00 bits per heavy atom. The van der Waals surface area contributed by atoms with Gasteiger partial charge in [-0.05, 0) is 31.7 Å². The third-order valence-corrected chi connectivity index (χ3v) is 5.23. The number of thiophene rings is 1. The Labute approximate surface area is 130 Å². The van der Waals surface area contributed by atoms with Crippen LogP contribution in [0, 0.1) is 19.8 Å². The maximum atomic E-state index is 6.02. The molecule has 0 bridgehead atoms. The van der Waals surface area contributed by atoms with Crippen LogP contribution in [0.15, 0.2) is 17.5 Å². The quantitative estimate of drug-likeness (QED) is 0.923. The first-order valence-electron chi connectivity index (χ1n) is 7.51. The summed E-state index contributed by atoms with van der Waals surface area (Å²) in [6.45, 7) is 7.01. The molecule has 2 aromatic rings. The second kappa shape index (κ2) is 6.30. The minimum absolute atomic E-state index is 0.189. The van der Waals surface area contributed by atoms with Gasteiger partial charge in [0.25, 0.3) is 0 Å². The van der Waals surface area contributed by atoms with E-state index >= 15 is 0 Å². The van der Waals surface area contributed by atoms with Crippen LogP contribution in [0.25, 0.3) is 0 Å². The number of aromatic nitrogens is 2. The van der Waals surface area contributed by atoms with Gasteiger partial charge in [-0.1, -0.05) is 6.07 Å². The lowest BCUT2D eigenvalue weighted by molar-refractivity contribution is 0.0894. The maximum absolute atomic E-state index is 6.02. The normalized spacial score (nSPS) is 22.0. The van der Waals surface area contributed by atoms with Gasteiger partial charge in [-0.15, -0.1) is 11.3 Å². The van der Waals surface area contributed by atoms with Crippen molar-refractivity contribution in [1.82, 2.24) is 15.1 Å². The second-order valence-electron chi connectivity index (χ2n) is 5.76. The van der Waals surface area contributed by atoms with Crippen LogP contribution in [0.5, 0.6) is 0 Å². The van der Waals surface area contributed by atoms with Gasteiger partial charge in [-0.25, -0.2) is 0 Å². The van der Waals surface area contributed by atoms with Crippen LogP contribution >= 0.6 is 11.3 Å². The molecule has 0 spiro atoms. The maximum Gasteiger partial charge on any atom is 0.0901 e. The average molecular weight is 305 g/mol. The van der Waals surface area contributed by atoms with Crippen LogP contribution in [-0.4, -0.2) is 22.9 Å². The van der Waals surface area contributed by atoms with E-state index in [9.17, 15) is 0 Å². The highest BCUT2D eigenvalue weighted by Crippen LogP contribution is 2.37. The zero-order valence-corrected chi connectivity index (χ0v) is 13.7. The fourth-order valence-corrected chi connectivity index (χ4v) is 3.83. The van der Waals surface area contributed by atoms with E-state index in [-0.39, 0.29) is 6.10 Å². The monoisotopic (exact) mass is 305 g/mol. The molecule has 1 fully saturated rings. The summed E-state index contributed by atoms with van der Waals surface area (Å²) in [5.41, 5.74) is 3.62. The number of ether oxygens (including phenoxy) is 1. The molecule has 2 atom stereocenters. The number of nitrogens with zero attached hydrogens (tertiary/aromatic N) is 2. The molecule has 1 N–H and O–H groups in total. The first kappa shape index (κ1) is 14.8. The summed E-state index contributed by atoms with van der Waals surface area (Å²) in [5.74, 6) is 0.534. The van der Waals surface area contributed by atoms with Gasteiger partial charge in [0.1, 0.15) is 0 Å². The predicted octanol–water partition coefficient (Wildman–Crippen LogP) is 2.97. The molecule has 0 radical (unpaired) electrons. The van der Waals surface area contributed by atoms with Gasteiger partial charge in [-0.2, -0.15) is 5.10 Å². The Balaban J connectivity index is 1.65. The van der Waals surface area contributed by atoms with E-state index in [4.69, 9.17) is 4.74 Å². The van der Waals surface area contributed by atoms with Crippen LogP contribution in [0.2, 0.25) is 0 Å². The predicted molar refractivity (Wildman–Crippen MR) is 85.5 cm³/mol. The topological polar surface area (TPSA) is 39.1 Å². The van der Waals surface area contributed by atoms with Crippen molar-refractivity contribution >= 4 is 11.3 Å². The van der Waals surface area contributed by atoms with Crippen LogP contribution in [0.3, 0.4) is 0 Å². The molecule has 0 unspecified atom stereocenters. The van der Waals surface area contributed by atoms with E-state index in [1.165, 1.54) is 16.1 Å². The highest BCUT2D eigenvalue weighted by atomic mass is 32.1. The van der Waals surface area contributed by atoms with E-state index in [1.807, 2.05) is 11.7 Å². The minimum atomic E-state index is 0.189. The van der Waals surface area contributed by atoms with Crippen molar-refractivity contribution < 1.29 is 4.74 Å². The van der Waals surface area contributed by atoms with Crippen molar-refractivity contribution in [2.75, 3.05) is 13.2 Å². The Hall–Kier alpha value is -1.17. The van der Waals surface area contributed by atoms with Gasteiger partial charge in [0, 0.05) is 48.8 Å². The van der Waals surface area contributed by atoms with Gasteiger partial charge in [0.15, 0.2) is 0 Å². The number of hydrogen-bond acceptors (Lipinski definition) is 4. The molecule has 5 heteroatoms. The molecule has 3 rings (SSSR count). The first-order valence-corrected chi connectivity index (χ1v) is 8.39. The smallest absolute Gasteiger partial charge is 0.0901 e. The molecule has 21 heavy (non-hydrogen) atoms. The summed E-state index contributed by atoms with van der Waals surface area (Å²) in [7, 11) is 2.00. The van der Waals surface area contributed by atoms with Gasteiger partial charge in [0.2, 0.25) is 0 Å². The second-order valence-corrected chi connectivity index (χ2v) is 6.79. The lowest BCUT2D eigenvalue weighted by Gasteiger charge is -2.19. The Morgan fingerprint density at radius 1 is 1.48 bits per heavy atom. The molecule has 0 aromatic carbocycles. The van der Waals surface area contributed by atoms with E-state index in [0.717, 1.165) is 31.8 Å². The zero-order chi connectivity index (χ0) is 14.8. The SMILES string of the molecule is Cc1nn(C)c(C)c1[C@@H]1OCC[C@@H]1CNCc1cccs1. The van der Waals surface area contributed by atoms with Crippen molar-refractivity contribution in [3.8, 4) is 0 Å². The zero-order valence-electron chi connectivity index (χ0n) is 12.9. The Bertz CT molecular complexity index is 591. The molecule has 1 aliphatic heterocycles. The van der Waals surface area contributed by atoms with Crippen molar-refractivity contribution in [3.05, 3.63) is 39.3 Å². The molecular formula is C16H23N3OS. The highest BCUT2D eigenvalue weighted by molar-refractivity contribution is 7.09. The standard InChI is InChI=1S/C16H23N3OS/c1-11-15(12(2)19(3)18-11)16-13(6-7-20-16)9-17-10-14-5-4-8-21-14/h4-5,8,13,16-17H,6-7,9-10H2,1-3H3/t13-,16-/m1/s1. The summed E-state index contributed by atoms with van der Waals surface area (Å²) in [5, 5.41) is 10.2. The molecule has 114 valence electrons. The van der Waals surface area contributed by atoms with Crippen LogP contribution in [0.4, 0.5) is 0 Å². The Kier molecular flexibility index (Phi) is 4.42. The van der Waals surface area contributed by atoms with Gasteiger partial charge in [-0.3, -0.25) is 4.68 Å². The van der Waals surface area contributed by atoms with E-state index in [0.29, 0.717) is 5.92 Å². The summed E-state index contributed by atoms with van der Waals surface area (Å²) < 4.78 is 7.98. The van der Waals surface area contributed by atoms with Gasteiger partial charge in [0.05, 0.1) is 11.8 Å². The largest absolute Gasteiger partial charge is 0.373 e. The first-order chi connectivity index (χ1) is 10.2. The fraction of sp³-hybridized carbons (Fsp3) is 0.562. The van der Waals surface area contributed by atoms with Gasteiger partial charge < -0.3 is 10.1 Å². The number of aryl methyl sites for hydroxylation is 2. The van der Waals surface area contributed by atoms with Crippen molar-refractivity contribution in [1.29, 1.82) is 0 Å². The molecule has 3 heterocycles. The molecule has 0 aliphatic carbocycles. The van der Waals surface area contributed by atoms with Crippen LogP contribution < -0.4 is 5.32 Å². The summed E-state index contributed by atoms with van der Waals surface area (Å²) >= 11 is 1.80. The third-order valence-electron chi connectivity index (χ3n) is 4.35. The fourth-order valence-electron chi connectivity index (χ4n) is 3.16. The third kappa shape index (κ3) is 3.05. The molecular weight excluding hydrogens is 282 g/mol. The van der Waals surface area contributed by atoms with E-state index in [1.54, 1.807) is 11.3 Å². The minimum Gasteiger partial charge on any atom is -0.373 e. The Morgan fingerprint density at radius 2 is 2.33 bits per heavy atom. The molecule has 2 aromatic heterocycles. The summed E-state index contributed by atoms with van der Waals surface area (Å²) in [6.07, 6.45) is 1.31. The van der Waals surface area contributed by atoms with Crippen LogP contribution in [0.1, 0.15) is 34.4 Å². The summed E-state index contributed by atoms with van der Waals surface area (Å²) in [6, 6.07) is 4.28. The summed E-state index contributed by atoms with van der Waals surface area (Å²) in [4.78, 5) is 1.39. The van der Waals surface area contributed by atoms with Crippen molar-refractivity contribution in [3.63, 3.8) is 0 Å². The lowest BCUT2D eigenvalue weighted by Crippen LogP contribution is -2.24. The number of hydrogen-bond donors (Lipinski definition) is 1. The van der Waals surface area contributed by atoms with Gasteiger partial charge >= 0.3 is 0 Å². The molecule has 1 aliphatic rings. The number of rotatable bonds is 5. The van der Waals surface area contributed by atoms with Crippen molar-refractivity contribution in [2.24, 2.45) is 13.0 Å². The lowest BCUT2D eigenvalue weighted by atomic mass is 9.94. The highest BCUT2D eigenvalue weighted by Gasteiger charge is 2.33. The van der Waals surface area contributed by atoms with Crippen molar-refractivity contribution in [2.45, 2.75) is 32.9 Å². The molecule has 1 saturated heterocycles. The average Bonchev–Trinajstić information content (AvgIpc) is 3.15. The number of nitrogens with one attached hydrogen (secondary N) is 1. The molecule has 4 nitrogen and oxygen atoms in total. The molecule has 0 amide bonds.